The van der Waals surface area contributed by atoms with Crippen LogP contribution in [0.2, 0.25) is 0 Å². The van der Waals surface area contributed by atoms with Crippen molar-refractivity contribution in [2.24, 2.45) is 11.3 Å². The fourth-order valence-electron chi connectivity index (χ4n) is 1.82. The number of nitrogens with one attached hydrogen (secondary N) is 1. The van der Waals surface area contributed by atoms with Gasteiger partial charge in [0.2, 0.25) is 10.0 Å². The molecule has 1 fully saturated rings. The molecule has 0 aliphatic heterocycles. The molecular weight excluding hydrogens is 230 g/mol. The number of carboxylic acids is 1. The van der Waals surface area contributed by atoms with E-state index in [4.69, 9.17) is 5.11 Å². The maximum atomic E-state index is 11.5. The monoisotopic (exact) mass is 249 g/mol. The average molecular weight is 249 g/mol. The van der Waals surface area contributed by atoms with Crippen molar-refractivity contribution in [3.8, 4) is 0 Å². The first-order valence-corrected chi connectivity index (χ1v) is 7.13. The van der Waals surface area contributed by atoms with Crippen molar-refractivity contribution in [1.82, 2.24) is 4.72 Å². The van der Waals surface area contributed by atoms with Crippen LogP contribution in [0.4, 0.5) is 0 Å². The highest BCUT2D eigenvalue weighted by Gasteiger charge is 2.44. The van der Waals surface area contributed by atoms with Gasteiger partial charge in [-0.2, -0.15) is 0 Å². The van der Waals surface area contributed by atoms with E-state index in [1.54, 1.807) is 0 Å². The standard InChI is InChI=1S/C10H19NO4S/c1-8(2)6-16(14,15)11-7-10(9(12)13)4-3-5-10/h8,11H,3-7H2,1-2H3,(H,12,13). The highest BCUT2D eigenvalue weighted by Crippen LogP contribution is 2.40. The van der Waals surface area contributed by atoms with Gasteiger partial charge in [-0.3, -0.25) is 4.79 Å². The van der Waals surface area contributed by atoms with Crippen LogP contribution in [0.5, 0.6) is 0 Å². The van der Waals surface area contributed by atoms with E-state index >= 15 is 0 Å². The first kappa shape index (κ1) is 13.4. The highest BCUT2D eigenvalue weighted by atomic mass is 32.2. The van der Waals surface area contributed by atoms with Gasteiger partial charge in [0.1, 0.15) is 0 Å². The normalized spacial score (nSPS) is 19.4. The van der Waals surface area contributed by atoms with Crippen molar-refractivity contribution >= 4 is 16.0 Å². The highest BCUT2D eigenvalue weighted by molar-refractivity contribution is 7.89. The zero-order chi connectivity index (χ0) is 12.4. The van der Waals surface area contributed by atoms with Crippen molar-refractivity contribution in [3.05, 3.63) is 0 Å². The molecule has 0 spiro atoms. The molecule has 1 aliphatic rings. The van der Waals surface area contributed by atoms with Crippen molar-refractivity contribution in [2.45, 2.75) is 33.1 Å². The van der Waals surface area contributed by atoms with Crippen molar-refractivity contribution in [1.29, 1.82) is 0 Å². The first-order valence-electron chi connectivity index (χ1n) is 5.48. The summed E-state index contributed by atoms with van der Waals surface area (Å²) in [5.41, 5.74) is -0.857. The zero-order valence-corrected chi connectivity index (χ0v) is 10.5. The zero-order valence-electron chi connectivity index (χ0n) is 9.69. The lowest BCUT2D eigenvalue weighted by atomic mass is 9.69. The van der Waals surface area contributed by atoms with Gasteiger partial charge in [-0.05, 0) is 18.8 Å². The fourth-order valence-corrected chi connectivity index (χ4v) is 3.31. The molecule has 0 saturated heterocycles. The molecule has 0 atom stereocenters. The third-order valence-corrected chi connectivity index (χ3v) is 4.64. The fraction of sp³-hybridized carbons (Fsp3) is 0.900. The van der Waals surface area contributed by atoms with Gasteiger partial charge >= 0.3 is 5.97 Å². The van der Waals surface area contributed by atoms with Crippen LogP contribution in [0.1, 0.15) is 33.1 Å². The summed E-state index contributed by atoms with van der Waals surface area (Å²) in [5, 5.41) is 9.03. The Balaban J connectivity index is 2.53. The molecule has 0 aromatic rings. The first-order chi connectivity index (χ1) is 7.27. The second kappa shape index (κ2) is 4.71. The Bertz CT molecular complexity index is 357. The van der Waals surface area contributed by atoms with Gasteiger partial charge in [-0.1, -0.05) is 20.3 Å². The number of rotatable bonds is 6. The maximum Gasteiger partial charge on any atom is 0.310 e. The molecule has 1 rings (SSSR count). The summed E-state index contributed by atoms with van der Waals surface area (Å²) < 4.78 is 25.5. The summed E-state index contributed by atoms with van der Waals surface area (Å²) in [6.45, 7) is 3.66. The smallest absolute Gasteiger partial charge is 0.310 e. The molecule has 0 aromatic carbocycles. The molecule has 6 heteroatoms. The Hall–Kier alpha value is -0.620. The number of sulfonamides is 1. The summed E-state index contributed by atoms with van der Waals surface area (Å²) in [6, 6.07) is 0. The van der Waals surface area contributed by atoms with Crippen molar-refractivity contribution < 1.29 is 18.3 Å². The Morgan fingerprint density at radius 2 is 2.00 bits per heavy atom. The minimum atomic E-state index is -3.34. The van der Waals surface area contributed by atoms with Crippen LogP contribution in [-0.2, 0) is 14.8 Å². The molecule has 0 amide bonds. The minimum absolute atomic E-state index is 0.0252. The van der Waals surface area contributed by atoms with Crippen LogP contribution in [0.15, 0.2) is 0 Å². The Kier molecular flexibility index (Phi) is 3.96. The van der Waals surface area contributed by atoms with E-state index in [2.05, 4.69) is 4.72 Å². The van der Waals surface area contributed by atoms with Gasteiger partial charge in [0.05, 0.1) is 11.2 Å². The lowest BCUT2D eigenvalue weighted by Gasteiger charge is -2.37. The van der Waals surface area contributed by atoms with Gasteiger partial charge in [0.15, 0.2) is 0 Å². The molecule has 1 saturated carbocycles. The average Bonchev–Trinajstić information content (AvgIpc) is 1.97. The number of carbonyl (C=O) groups is 1. The lowest BCUT2D eigenvalue weighted by Crippen LogP contribution is -2.48. The minimum Gasteiger partial charge on any atom is -0.481 e. The molecule has 16 heavy (non-hydrogen) atoms. The summed E-state index contributed by atoms with van der Waals surface area (Å²) >= 11 is 0. The van der Waals surface area contributed by atoms with Crippen LogP contribution in [0, 0.1) is 11.3 Å². The molecule has 0 heterocycles. The molecule has 1 aliphatic carbocycles. The third-order valence-electron chi connectivity index (χ3n) is 2.95. The molecule has 5 nitrogen and oxygen atoms in total. The van der Waals surface area contributed by atoms with Crippen LogP contribution in [-0.4, -0.2) is 31.8 Å². The van der Waals surface area contributed by atoms with E-state index < -0.39 is 21.4 Å². The summed E-state index contributed by atoms with van der Waals surface area (Å²) in [4.78, 5) is 11.0. The Labute approximate surface area is 96.3 Å². The van der Waals surface area contributed by atoms with Crippen LogP contribution < -0.4 is 4.72 Å². The maximum absolute atomic E-state index is 11.5. The van der Waals surface area contributed by atoms with Gasteiger partial charge in [-0.15, -0.1) is 0 Å². The number of hydrogen-bond acceptors (Lipinski definition) is 3. The van der Waals surface area contributed by atoms with Gasteiger partial charge in [0, 0.05) is 6.54 Å². The lowest BCUT2D eigenvalue weighted by molar-refractivity contribution is -0.153. The number of carboxylic acid groups (broad SMARTS) is 1. The van der Waals surface area contributed by atoms with Crippen LogP contribution in [0.3, 0.4) is 0 Å². The second-order valence-electron chi connectivity index (χ2n) is 4.94. The molecule has 2 N–H and O–H groups in total. The molecule has 94 valence electrons. The largest absolute Gasteiger partial charge is 0.481 e. The van der Waals surface area contributed by atoms with E-state index in [0.717, 1.165) is 6.42 Å². The summed E-state index contributed by atoms with van der Waals surface area (Å²) in [6.07, 6.45) is 1.98. The van der Waals surface area contributed by atoms with E-state index in [0.29, 0.717) is 12.8 Å². The SMILES string of the molecule is CC(C)CS(=O)(=O)NCC1(C(=O)O)CCC1. The number of aliphatic carboxylic acids is 1. The summed E-state index contributed by atoms with van der Waals surface area (Å²) in [7, 11) is -3.34. The Morgan fingerprint density at radius 1 is 1.44 bits per heavy atom. The van der Waals surface area contributed by atoms with Crippen molar-refractivity contribution in [3.63, 3.8) is 0 Å². The predicted octanol–water partition coefficient (Wildman–Crippen LogP) is 0.817. The van der Waals surface area contributed by atoms with Crippen molar-refractivity contribution in [2.75, 3.05) is 12.3 Å². The molecule has 0 unspecified atom stereocenters. The molecule has 0 bridgehead atoms. The molecular formula is C10H19NO4S. The van der Waals surface area contributed by atoms with E-state index in [-0.39, 0.29) is 18.2 Å². The van der Waals surface area contributed by atoms with E-state index in [1.807, 2.05) is 13.8 Å². The summed E-state index contributed by atoms with van der Waals surface area (Å²) in [5.74, 6) is -0.812. The van der Waals surface area contributed by atoms with E-state index in [1.165, 1.54) is 0 Å². The molecule has 0 radical (unpaired) electrons. The predicted molar refractivity (Wildman–Crippen MR) is 60.5 cm³/mol. The quantitative estimate of drug-likeness (QED) is 0.730. The molecule has 0 aromatic heterocycles. The van der Waals surface area contributed by atoms with Gasteiger partial charge < -0.3 is 5.11 Å². The van der Waals surface area contributed by atoms with Crippen LogP contribution in [0.25, 0.3) is 0 Å². The van der Waals surface area contributed by atoms with Gasteiger partial charge in [-0.25, -0.2) is 13.1 Å². The van der Waals surface area contributed by atoms with E-state index in [9.17, 15) is 13.2 Å². The topological polar surface area (TPSA) is 83.5 Å². The van der Waals surface area contributed by atoms with Crippen LogP contribution >= 0.6 is 0 Å². The Morgan fingerprint density at radius 3 is 2.31 bits per heavy atom. The third kappa shape index (κ3) is 3.18. The number of hydrogen-bond donors (Lipinski definition) is 2. The second-order valence-corrected chi connectivity index (χ2v) is 6.79. The van der Waals surface area contributed by atoms with Gasteiger partial charge in [0.25, 0.3) is 0 Å².